The molecule has 4 rings (SSSR count). The summed E-state index contributed by atoms with van der Waals surface area (Å²) in [7, 11) is -3.98. The molecule has 0 amide bonds. The number of rotatable bonds is 14. The summed E-state index contributed by atoms with van der Waals surface area (Å²) >= 11 is 0. The second kappa shape index (κ2) is 15.8. The SMILES string of the molecule is C=C1/C(=C\C=C2/CCC[C@]3(C)[C@@H](C(C)(C)/C=C/[C@@H](O)C4(C(=O)CCCCC)CC4)CC[C@@H]23)C[C@@H](O[Si](C)(C)C(C)(C)C)C[C@@H]1O[Si](C)(C)C(C)(C)C. The summed E-state index contributed by atoms with van der Waals surface area (Å²) in [5.41, 5.74) is 3.68. The fourth-order valence-corrected chi connectivity index (χ4v) is 12.2. The Bertz CT molecular complexity index is 1380. The molecule has 0 radical (unpaired) electrons. The lowest BCUT2D eigenvalue weighted by Crippen LogP contribution is -2.49. The molecule has 52 heavy (non-hydrogen) atoms. The third-order valence-electron chi connectivity index (χ3n) is 15.2. The molecule has 0 spiro atoms. The van der Waals surface area contributed by atoms with Crippen LogP contribution >= 0.6 is 0 Å². The summed E-state index contributed by atoms with van der Waals surface area (Å²) in [5, 5.41) is 11.6. The molecule has 4 fully saturated rings. The first-order chi connectivity index (χ1) is 23.8. The van der Waals surface area contributed by atoms with Crippen LogP contribution in [0.4, 0.5) is 0 Å². The molecule has 6 atom stereocenters. The average molecular weight is 753 g/mol. The number of fused-ring (bicyclic) bond motifs is 1. The summed E-state index contributed by atoms with van der Waals surface area (Å²) in [6.45, 7) is 37.6. The molecule has 4 aliphatic rings. The highest BCUT2D eigenvalue weighted by atomic mass is 28.4. The van der Waals surface area contributed by atoms with Gasteiger partial charge in [-0.3, -0.25) is 4.79 Å². The lowest BCUT2D eigenvalue weighted by molar-refractivity contribution is -0.127. The minimum Gasteiger partial charge on any atom is -0.413 e. The normalized spacial score (nSPS) is 31.0. The number of aliphatic hydroxyl groups is 1. The number of hydrogen-bond donors (Lipinski definition) is 1. The highest BCUT2D eigenvalue weighted by Crippen LogP contribution is 2.62. The zero-order valence-electron chi connectivity index (χ0n) is 36.3. The number of unbranched alkanes of at least 4 members (excludes halogenated alkanes) is 2. The molecule has 0 aromatic heterocycles. The molecular weight excluding hydrogens is 673 g/mol. The van der Waals surface area contributed by atoms with Crippen LogP contribution in [0.25, 0.3) is 0 Å². The van der Waals surface area contributed by atoms with E-state index in [0.717, 1.165) is 56.9 Å². The largest absolute Gasteiger partial charge is 0.413 e. The maximum atomic E-state index is 13.1. The maximum absolute atomic E-state index is 13.1. The van der Waals surface area contributed by atoms with E-state index in [1.54, 1.807) is 5.57 Å². The third-order valence-corrected chi connectivity index (χ3v) is 24.2. The van der Waals surface area contributed by atoms with Crippen LogP contribution in [0.5, 0.6) is 0 Å². The van der Waals surface area contributed by atoms with Crippen molar-refractivity contribution >= 4 is 22.4 Å². The number of aliphatic hydroxyl groups excluding tert-OH is 1. The van der Waals surface area contributed by atoms with Gasteiger partial charge in [-0.1, -0.05) is 119 Å². The molecule has 4 nitrogen and oxygen atoms in total. The van der Waals surface area contributed by atoms with Gasteiger partial charge in [0.2, 0.25) is 0 Å². The van der Waals surface area contributed by atoms with Gasteiger partial charge in [0.05, 0.1) is 23.7 Å². The van der Waals surface area contributed by atoms with E-state index in [0.29, 0.717) is 18.3 Å². The van der Waals surface area contributed by atoms with Crippen molar-refractivity contribution in [3.63, 3.8) is 0 Å². The highest BCUT2D eigenvalue weighted by Gasteiger charge is 2.55. The summed E-state index contributed by atoms with van der Waals surface area (Å²) in [6.07, 6.45) is 21.9. The Balaban J connectivity index is 1.56. The Kier molecular flexibility index (Phi) is 13.3. The Hall–Kier alpha value is -1.06. The van der Waals surface area contributed by atoms with Gasteiger partial charge in [-0.15, -0.1) is 0 Å². The van der Waals surface area contributed by atoms with E-state index in [2.05, 4.69) is 114 Å². The number of ketones is 1. The summed E-state index contributed by atoms with van der Waals surface area (Å²) < 4.78 is 14.2. The molecule has 0 bridgehead atoms. The van der Waals surface area contributed by atoms with Gasteiger partial charge < -0.3 is 14.0 Å². The molecule has 296 valence electrons. The van der Waals surface area contributed by atoms with Crippen LogP contribution in [0.15, 0.2) is 47.6 Å². The van der Waals surface area contributed by atoms with Crippen molar-refractivity contribution in [2.45, 2.75) is 207 Å². The van der Waals surface area contributed by atoms with Gasteiger partial charge in [0, 0.05) is 12.8 Å². The minimum absolute atomic E-state index is 0.00843. The van der Waals surface area contributed by atoms with Crippen molar-refractivity contribution in [3.8, 4) is 0 Å². The molecule has 1 N–H and O–H groups in total. The third kappa shape index (κ3) is 9.31. The smallest absolute Gasteiger partial charge is 0.192 e. The Labute approximate surface area is 323 Å². The standard InChI is InChI=1S/C46H80O4Si2/c1-16-17-18-21-40(47)46(29-30-46)41(48)26-28-44(9,10)39-25-24-37-34(20-19-27-45(37,39)11)22-23-35-31-36(49-51(12,13)42(3,4)5)32-38(33(35)2)50-52(14,15)43(6,7)8/h22-23,26,28,36-39,41,48H,2,16-21,24-25,27,29-32H2,1,3-15H3/b28-26+,34-22+,35-23-/t36-,37+,38+,39-,41-,45+/m1/s1. The van der Waals surface area contributed by atoms with Crippen LogP contribution in [0, 0.1) is 28.1 Å². The Morgan fingerprint density at radius 1 is 0.942 bits per heavy atom. The van der Waals surface area contributed by atoms with Gasteiger partial charge in [-0.05, 0) is 128 Å². The van der Waals surface area contributed by atoms with Crippen molar-refractivity contribution in [1.29, 1.82) is 0 Å². The molecule has 0 aliphatic heterocycles. The van der Waals surface area contributed by atoms with E-state index in [1.165, 1.54) is 31.3 Å². The second-order valence-corrected chi connectivity index (χ2v) is 31.0. The molecule has 0 saturated heterocycles. The van der Waals surface area contributed by atoms with Crippen LogP contribution in [0.2, 0.25) is 36.3 Å². The van der Waals surface area contributed by atoms with Crippen molar-refractivity contribution in [2.75, 3.05) is 0 Å². The molecule has 4 aliphatic carbocycles. The topological polar surface area (TPSA) is 55.8 Å². The summed E-state index contributed by atoms with van der Waals surface area (Å²) in [4.78, 5) is 13.1. The average Bonchev–Trinajstić information content (AvgIpc) is 3.75. The van der Waals surface area contributed by atoms with E-state index >= 15 is 0 Å². The molecule has 0 heterocycles. The predicted octanol–water partition coefficient (Wildman–Crippen LogP) is 13.1. The van der Waals surface area contributed by atoms with Gasteiger partial charge in [0.1, 0.15) is 5.78 Å². The number of carbonyl (C=O) groups excluding carboxylic acids is 1. The highest BCUT2D eigenvalue weighted by molar-refractivity contribution is 6.74. The van der Waals surface area contributed by atoms with Gasteiger partial charge in [-0.25, -0.2) is 0 Å². The van der Waals surface area contributed by atoms with Crippen molar-refractivity contribution in [2.24, 2.45) is 28.1 Å². The van der Waals surface area contributed by atoms with E-state index in [9.17, 15) is 9.90 Å². The molecule has 0 aromatic rings. The van der Waals surface area contributed by atoms with E-state index in [1.807, 2.05) is 6.08 Å². The molecule has 6 heteroatoms. The first-order valence-electron chi connectivity index (χ1n) is 21.2. The Morgan fingerprint density at radius 2 is 1.56 bits per heavy atom. The lowest BCUT2D eigenvalue weighted by Gasteiger charge is -2.47. The molecule has 0 aromatic carbocycles. The van der Waals surface area contributed by atoms with Crippen LogP contribution in [0.3, 0.4) is 0 Å². The summed E-state index contributed by atoms with van der Waals surface area (Å²) in [5.74, 6) is 1.36. The van der Waals surface area contributed by atoms with E-state index < -0.39 is 28.2 Å². The van der Waals surface area contributed by atoms with Crippen LogP contribution in [-0.2, 0) is 13.6 Å². The van der Waals surface area contributed by atoms with Crippen molar-refractivity contribution in [3.05, 3.63) is 47.6 Å². The quantitative estimate of drug-likeness (QED) is 0.109. The van der Waals surface area contributed by atoms with Gasteiger partial charge >= 0.3 is 0 Å². The first kappa shape index (κ1) is 43.7. The number of Topliss-reactive ketones (excluding diaryl/α,β-unsaturated/α-hetero) is 1. The van der Waals surface area contributed by atoms with Gasteiger partial charge in [0.15, 0.2) is 16.6 Å². The molecule has 0 unspecified atom stereocenters. The van der Waals surface area contributed by atoms with Crippen molar-refractivity contribution < 1.29 is 18.8 Å². The molecular formula is C46H80O4Si2. The fourth-order valence-electron chi connectivity index (χ4n) is 9.53. The fraction of sp³-hybridized carbons (Fsp3) is 0.804. The first-order valence-corrected chi connectivity index (χ1v) is 27.0. The Morgan fingerprint density at radius 3 is 2.13 bits per heavy atom. The lowest BCUT2D eigenvalue weighted by atomic mass is 9.57. The number of allylic oxidation sites excluding steroid dienone is 4. The minimum atomic E-state index is -2.02. The molecule has 4 saturated carbocycles. The monoisotopic (exact) mass is 753 g/mol. The van der Waals surface area contributed by atoms with Crippen LogP contribution in [-0.4, -0.2) is 45.8 Å². The van der Waals surface area contributed by atoms with E-state index in [4.69, 9.17) is 15.4 Å². The maximum Gasteiger partial charge on any atom is 0.192 e. The zero-order chi connectivity index (χ0) is 39.1. The van der Waals surface area contributed by atoms with Crippen LogP contribution < -0.4 is 0 Å². The van der Waals surface area contributed by atoms with Gasteiger partial charge in [0.25, 0.3) is 0 Å². The summed E-state index contributed by atoms with van der Waals surface area (Å²) in [6, 6.07) is 0. The van der Waals surface area contributed by atoms with Crippen molar-refractivity contribution in [1.82, 2.24) is 0 Å². The predicted molar refractivity (Wildman–Crippen MR) is 227 cm³/mol. The van der Waals surface area contributed by atoms with E-state index in [-0.39, 0.29) is 38.9 Å². The van der Waals surface area contributed by atoms with Crippen LogP contribution in [0.1, 0.15) is 153 Å². The van der Waals surface area contributed by atoms with Gasteiger partial charge in [-0.2, -0.15) is 0 Å². The zero-order valence-corrected chi connectivity index (χ0v) is 38.3. The number of hydrogen-bond acceptors (Lipinski definition) is 4. The second-order valence-electron chi connectivity index (χ2n) is 21.5. The number of carbonyl (C=O) groups is 1.